The number of hydrogen-bond donors (Lipinski definition) is 2. The third-order valence-electron chi connectivity index (χ3n) is 3.65. The van der Waals surface area contributed by atoms with Crippen LogP contribution < -0.4 is 10.0 Å². The summed E-state index contributed by atoms with van der Waals surface area (Å²) in [4.78, 5) is 11.8. The van der Waals surface area contributed by atoms with Crippen molar-refractivity contribution in [2.75, 3.05) is 6.54 Å². The second-order valence-corrected chi connectivity index (χ2v) is 8.24. The summed E-state index contributed by atoms with van der Waals surface area (Å²) in [7, 11) is -3.41. The highest BCUT2D eigenvalue weighted by Gasteiger charge is 2.30. The quantitative estimate of drug-likeness (QED) is 0.737. The lowest BCUT2D eigenvalue weighted by molar-refractivity contribution is 0.137. The topological polar surface area (TPSA) is 84.5 Å². The maximum atomic E-state index is 12.2. The van der Waals surface area contributed by atoms with Crippen LogP contribution in [0.1, 0.15) is 25.8 Å². The first kappa shape index (κ1) is 18.5. The molecule has 1 aromatic rings. The van der Waals surface area contributed by atoms with E-state index < -0.39 is 21.4 Å². The third-order valence-corrected chi connectivity index (χ3v) is 5.37. The molecule has 1 amide bonds. The van der Waals surface area contributed by atoms with Gasteiger partial charge in [0.1, 0.15) is 6.61 Å². The molecule has 6 nitrogen and oxygen atoms in total. The number of nitrogens with one attached hydrogen (secondary N) is 2. The number of carbonyl (C=O) groups excluding carboxylic acids is 1. The summed E-state index contributed by atoms with van der Waals surface area (Å²) in [5.41, 5.74) is 0.896. The van der Waals surface area contributed by atoms with Crippen molar-refractivity contribution in [2.45, 2.75) is 38.2 Å². The molecule has 0 saturated heterocycles. The largest absolute Gasteiger partial charge is 0.445 e. The Labute approximate surface area is 143 Å². The Morgan fingerprint density at radius 1 is 1.25 bits per heavy atom. The summed E-state index contributed by atoms with van der Waals surface area (Å²) in [6.45, 7) is 4.48. The lowest BCUT2D eigenvalue weighted by Gasteiger charge is -2.16. The molecule has 0 heterocycles. The van der Waals surface area contributed by atoms with Gasteiger partial charge >= 0.3 is 6.09 Å². The molecule has 24 heavy (non-hydrogen) atoms. The summed E-state index contributed by atoms with van der Waals surface area (Å²) in [5, 5.41) is 2.05. The van der Waals surface area contributed by atoms with E-state index in [4.69, 9.17) is 4.74 Å². The maximum Gasteiger partial charge on any atom is 0.407 e. The molecule has 7 heteroatoms. The third kappa shape index (κ3) is 5.65. The fourth-order valence-electron chi connectivity index (χ4n) is 2.31. The first-order chi connectivity index (χ1) is 11.4. The second-order valence-electron chi connectivity index (χ2n) is 6.26. The first-order valence-electron chi connectivity index (χ1n) is 8.01. The fourth-order valence-corrected chi connectivity index (χ4v) is 3.85. The van der Waals surface area contributed by atoms with Crippen LogP contribution >= 0.6 is 0 Å². The minimum Gasteiger partial charge on any atom is -0.445 e. The number of benzene rings is 1. The molecule has 0 radical (unpaired) electrons. The molecule has 1 aliphatic carbocycles. The predicted molar refractivity (Wildman–Crippen MR) is 92.9 cm³/mol. The van der Waals surface area contributed by atoms with Crippen molar-refractivity contribution in [2.24, 2.45) is 5.92 Å². The first-order valence-corrected chi connectivity index (χ1v) is 9.55. The molecule has 0 unspecified atom stereocenters. The number of carbonyl (C=O) groups is 1. The number of ether oxygens (including phenoxy) is 1. The highest BCUT2D eigenvalue weighted by Crippen LogP contribution is 2.18. The molecular formula is C17H24N2O4S. The molecule has 2 rings (SSSR count). The predicted octanol–water partition coefficient (Wildman–Crippen LogP) is 2.19. The van der Waals surface area contributed by atoms with Crippen molar-refractivity contribution in [1.82, 2.24) is 10.0 Å². The highest BCUT2D eigenvalue weighted by atomic mass is 32.2. The smallest absolute Gasteiger partial charge is 0.407 e. The van der Waals surface area contributed by atoms with Crippen LogP contribution in [0.15, 0.2) is 42.5 Å². The van der Waals surface area contributed by atoms with Gasteiger partial charge in [-0.1, -0.05) is 56.3 Å². The molecule has 0 aliphatic heterocycles. The highest BCUT2D eigenvalue weighted by molar-refractivity contribution is 7.90. The second kappa shape index (κ2) is 8.30. The molecule has 0 spiro atoms. The van der Waals surface area contributed by atoms with Gasteiger partial charge in [0.25, 0.3) is 0 Å². The normalized spacial score (nSPS) is 20.3. The van der Waals surface area contributed by atoms with Gasteiger partial charge in [0, 0.05) is 6.54 Å². The van der Waals surface area contributed by atoms with Crippen LogP contribution in [-0.4, -0.2) is 32.3 Å². The molecule has 0 bridgehead atoms. The maximum absolute atomic E-state index is 12.2. The van der Waals surface area contributed by atoms with Crippen LogP contribution in [0.4, 0.5) is 4.79 Å². The molecule has 1 aliphatic rings. The van der Waals surface area contributed by atoms with Gasteiger partial charge in [-0.3, -0.25) is 0 Å². The molecule has 1 aromatic carbocycles. The van der Waals surface area contributed by atoms with E-state index in [2.05, 4.69) is 10.0 Å². The Morgan fingerprint density at radius 3 is 2.62 bits per heavy atom. The lowest BCUT2D eigenvalue weighted by Crippen LogP contribution is -2.38. The van der Waals surface area contributed by atoms with Gasteiger partial charge in [0.2, 0.25) is 10.0 Å². The van der Waals surface area contributed by atoms with Gasteiger partial charge in [0.05, 0.1) is 11.3 Å². The molecule has 0 aromatic heterocycles. The minimum atomic E-state index is -3.41. The zero-order valence-corrected chi connectivity index (χ0v) is 14.8. The Hall–Kier alpha value is -1.86. The van der Waals surface area contributed by atoms with Gasteiger partial charge in [0.15, 0.2) is 0 Å². The molecule has 2 atom stereocenters. The Bertz CT molecular complexity index is 671. The van der Waals surface area contributed by atoms with Crippen LogP contribution in [0.3, 0.4) is 0 Å². The van der Waals surface area contributed by atoms with E-state index in [9.17, 15) is 13.2 Å². The Kier molecular flexibility index (Phi) is 6.39. The van der Waals surface area contributed by atoms with Crippen molar-refractivity contribution in [1.29, 1.82) is 0 Å². The molecule has 2 N–H and O–H groups in total. The summed E-state index contributed by atoms with van der Waals surface area (Å²) >= 11 is 0. The number of hydrogen-bond acceptors (Lipinski definition) is 4. The summed E-state index contributed by atoms with van der Waals surface area (Å²) < 4.78 is 32.1. The molecular weight excluding hydrogens is 328 g/mol. The van der Waals surface area contributed by atoms with Crippen molar-refractivity contribution < 1.29 is 17.9 Å². The van der Waals surface area contributed by atoms with E-state index in [1.54, 1.807) is 12.2 Å². The van der Waals surface area contributed by atoms with E-state index in [0.29, 0.717) is 13.0 Å². The van der Waals surface area contributed by atoms with E-state index in [1.165, 1.54) is 0 Å². The van der Waals surface area contributed by atoms with Crippen molar-refractivity contribution in [3.05, 3.63) is 48.0 Å². The zero-order chi connectivity index (χ0) is 17.6. The standard InChI is InChI=1S/C17H24N2O4S/c1-13(2)11-18-24(21,22)16-9-8-15(10-16)19-17(20)23-12-14-6-4-3-5-7-14/h3-9,13,15-16,18H,10-12H2,1-2H3,(H,19,20)/t15-,16+/m1/s1. The summed E-state index contributed by atoms with van der Waals surface area (Å²) in [5.74, 6) is 0.243. The van der Waals surface area contributed by atoms with E-state index in [-0.39, 0.29) is 18.6 Å². The van der Waals surface area contributed by atoms with Gasteiger partial charge in [-0.05, 0) is 17.9 Å². The van der Waals surface area contributed by atoms with Gasteiger partial charge in [-0.2, -0.15) is 0 Å². The SMILES string of the molecule is CC(C)CNS(=O)(=O)[C@H]1C=C[C@@H](NC(=O)OCc2ccccc2)C1. The Morgan fingerprint density at radius 2 is 1.96 bits per heavy atom. The zero-order valence-electron chi connectivity index (χ0n) is 13.9. The Balaban J connectivity index is 1.77. The van der Waals surface area contributed by atoms with Crippen LogP contribution in [0, 0.1) is 5.92 Å². The number of amides is 1. The number of sulfonamides is 1. The van der Waals surface area contributed by atoms with Crippen molar-refractivity contribution in [3.63, 3.8) is 0 Å². The van der Waals surface area contributed by atoms with Gasteiger partial charge < -0.3 is 10.1 Å². The average molecular weight is 352 g/mol. The van der Waals surface area contributed by atoms with Crippen molar-refractivity contribution >= 4 is 16.1 Å². The average Bonchev–Trinajstić information content (AvgIpc) is 3.01. The van der Waals surface area contributed by atoms with Crippen LogP contribution in [0.25, 0.3) is 0 Å². The molecule has 0 fully saturated rings. The van der Waals surface area contributed by atoms with E-state index in [0.717, 1.165) is 5.56 Å². The minimum absolute atomic E-state index is 0.181. The molecule has 132 valence electrons. The monoisotopic (exact) mass is 352 g/mol. The van der Waals surface area contributed by atoms with Gasteiger partial charge in [-0.25, -0.2) is 17.9 Å². The van der Waals surface area contributed by atoms with Gasteiger partial charge in [-0.15, -0.1) is 0 Å². The van der Waals surface area contributed by atoms with Crippen LogP contribution in [-0.2, 0) is 21.4 Å². The summed E-state index contributed by atoms with van der Waals surface area (Å²) in [6.07, 6.45) is 3.07. The van der Waals surface area contributed by atoms with Crippen molar-refractivity contribution in [3.8, 4) is 0 Å². The summed E-state index contributed by atoms with van der Waals surface area (Å²) in [6, 6.07) is 9.03. The fraction of sp³-hybridized carbons (Fsp3) is 0.471. The van der Waals surface area contributed by atoms with Crippen LogP contribution in [0.5, 0.6) is 0 Å². The van der Waals surface area contributed by atoms with E-state index in [1.807, 2.05) is 44.2 Å². The number of alkyl carbamates (subject to hydrolysis) is 1. The van der Waals surface area contributed by atoms with E-state index >= 15 is 0 Å². The van der Waals surface area contributed by atoms with Crippen LogP contribution in [0.2, 0.25) is 0 Å². The number of rotatable bonds is 7. The lowest BCUT2D eigenvalue weighted by atomic mass is 10.2. The molecule has 0 saturated carbocycles.